The molecule has 1 atom stereocenters. The molecule has 3 rings (SSSR count). The molecule has 0 aromatic heterocycles. The summed E-state index contributed by atoms with van der Waals surface area (Å²) in [7, 11) is 0. The summed E-state index contributed by atoms with van der Waals surface area (Å²) in [5, 5.41) is 5.46. The maximum atomic E-state index is 12.4. The molecule has 0 spiro atoms. The van der Waals surface area contributed by atoms with Gasteiger partial charge in [0.1, 0.15) is 12.1 Å². The zero-order valence-electron chi connectivity index (χ0n) is 12.1. The molecule has 116 valence electrons. The number of hydrogen-bond acceptors (Lipinski definition) is 3. The fourth-order valence-electron chi connectivity index (χ4n) is 2.69. The molecule has 6 nitrogen and oxygen atoms in total. The number of anilines is 1. The van der Waals surface area contributed by atoms with Crippen LogP contribution in [-0.4, -0.2) is 34.8 Å². The number of nitrogens with zero attached hydrogens (tertiary/aromatic N) is 1. The highest BCUT2D eigenvalue weighted by atomic mass is 127. The van der Waals surface area contributed by atoms with E-state index < -0.39 is 11.6 Å². The standard InChI is InChI=1S/C15H16IN3O3/c1-15(9-6-7-9)13(21)19(14(22)18-15)8-12(20)17-11-5-3-2-4-10(11)16/h2-5,9H,6-8H2,1H3,(H,17,20)(H,18,22). The Morgan fingerprint density at radius 2 is 2.09 bits per heavy atom. The summed E-state index contributed by atoms with van der Waals surface area (Å²) in [5.74, 6) is -0.502. The van der Waals surface area contributed by atoms with E-state index in [0.717, 1.165) is 21.3 Å². The minimum absolute atomic E-state index is 0.187. The van der Waals surface area contributed by atoms with Gasteiger partial charge in [0.2, 0.25) is 5.91 Å². The van der Waals surface area contributed by atoms with Crippen LogP contribution in [0.25, 0.3) is 0 Å². The lowest BCUT2D eigenvalue weighted by atomic mass is 9.96. The van der Waals surface area contributed by atoms with Gasteiger partial charge < -0.3 is 10.6 Å². The fourth-order valence-corrected chi connectivity index (χ4v) is 3.21. The lowest BCUT2D eigenvalue weighted by Crippen LogP contribution is -2.46. The second-order valence-electron chi connectivity index (χ2n) is 5.83. The Balaban J connectivity index is 1.68. The molecular formula is C15H16IN3O3. The second-order valence-corrected chi connectivity index (χ2v) is 6.99. The zero-order valence-corrected chi connectivity index (χ0v) is 14.2. The Labute approximate surface area is 141 Å². The van der Waals surface area contributed by atoms with Crippen molar-refractivity contribution >= 4 is 46.1 Å². The van der Waals surface area contributed by atoms with Crippen LogP contribution in [0.15, 0.2) is 24.3 Å². The van der Waals surface area contributed by atoms with Crippen molar-refractivity contribution in [1.29, 1.82) is 0 Å². The predicted octanol–water partition coefficient (Wildman–Crippen LogP) is 1.95. The van der Waals surface area contributed by atoms with Crippen molar-refractivity contribution in [2.24, 2.45) is 5.92 Å². The van der Waals surface area contributed by atoms with Crippen LogP contribution >= 0.6 is 22.6 Å². The molecule has 2 N–H and O–H groups in total. The third kappa shape index (κ3) is 2.69. The SMILES string of the molecule is CC1(C2CC2)NC(=O)N(CC(=O)Nc2ccccc2I)C1=O. The third-order valence-electron chi connectivity index (χ3n) is 4.14. The number of carbonyl (C=O) groups excluding carboxylic acids is 3. The molecule has 1 aromatic rings. The maximum absolute atomic E-state index is 12.4. The average Bonchev–Trinajstić information content (AvgIpc) is 3.28. The summed E-state index contributed by atoms with van der Waals surface area (Å²) in [6.45, 7) is 1.47. The molecule has 1 aliphatic heterocycles. The molecule has 2 fully saturated rings. The molecular weight excluding hydrogens is 397 g/mol. The van der Waals surface area contributed by atoms with Crippen LogP contribution in [0.4, 0.5) is 10.5 Å². The van der Waals surface area contributed by atoms with Gasteiger partial charge in [0.15, 0.2) is 0 Å². The lowest BCUT2D eigenvalue weighted by Gasteiger charge is -2.20. The monoisotopic (exact) mass is 413 g/mol. The van der Waals surface area contributed by atoms with E-state index in [-0.39, 0.29) is 24.3 Å². The Morgan fingerprint density at radius 3 is 2.73 bits per heavy atom. The van der Waals surface area contributed by atoms with Crippen LogP contribution in [0.1, 0.15) is 19.8 Å². The molecule has 2 aliphatic rings. The van der Waals surface area contributed by atoms with Crippen molar-refractivity contribution in [2.75, 3.05) is 11.9 Å². The van der Waals surface area contributed by atoms with E-state index in [1.807, 2.05) is 18.2 Å². The normalized spacial score (nSPS) is 24.4. The van der Waals surface area contributed by atoms with E-state index in [1.54, 1.807) is 13.0 Å². The third-order valence-corrected chi connectivity index (χ3v) is 5.09. The number of rotatable bonds is 4. The summed E-state index contributed by atoms with van der Waals surface area (Å²) >= 11 is 2.11. The molecule has 22 heavy (non-hydrogen) atoms. The van der Waals surface area contributed by atoms with Gasteiger partial charge in [-0.05, 0) is 60.4 Å². The highest BCUT2D eigenvalue weighted by molar-refractivity contribution is 14.1. The number of benzene rings is 1. The van der Waals surface area contributed by atoms with Crippen LogP contribution in [0.2, 0.25) is 0 Å². The van der Waals surface area contributed by atoms with Crippen LogP contribution in [0, 0.1) is 9.49 Å². The van der Waals surface area contributed by atoms with Crippen molar-refractivity contribution < 1.29 is 14.4 Å². The Kier molecular flexibility index (Phi) is 3.84. The maximum Gasteiger partial charge on any atom is 0.325 e. The number of halogens is 1. The summed E-state index contributed by atoms with van der Waals surface area (Å²) in [6, 6.07) is 6.84. The predicted molar refractivity (Wildman–Crippen MR) is 89.2 cm³/mol. The number of hydrogen-bond donors (Lipinski definition) is 2. The Hall–Kier alpha value is -1.64. The van der Waals surface area contributed by atoms with E-state index in [1.165, 1.54) is 0 Å². The number of amides is 4. The van der Waals surface area contributed by atoms with Gasteiger partial charge in [0.25, 0.3) is 5.91 Å². The van der Waals surface area contributed by atoms with E-state index in [9.17, 15) is 14.4 Å². The minimum Gasteiger partial charge on any atom is -0.324 e. The topological polar surface area (TPSA) is 78.5 Å². The van der Waals surface area contributed by atoms with E-state index >= 15 is 0 Å². The van der Waals surface area contributed by atoms with E-state index in [4.69, 9.17) is 0 Å². The van der Waals surface area contributed by atoms with Crippen molar-refractivity contribution in [3.63, 3.8) is 0 Å². The fraction of sp³-hybridized carbons (Fsp3) is 0.400. The van der Waals surface area contributed by atoms with Gasteiger partial charge >= 0.3 is 6.03 Å². The van der Waals surface area contributed by atoms with E-state index in [0.29, 0.717) is 5.69 Å². The average molecular weight is 413 g/mol. The highest BCUT2D eigenvalue weighted by Gasteiger charge is 2.56. The molecule has 1 saturated carbocycles. The van der Waals surface area contributed by atoms with Crippen molar-refractivity contribution in [3.05, 3.63) is 27.8 Å². The van der Waals surface area contributed by atoms with Gasteiger partial charge in [-0.1, -0.05) is 12.1 Å². The smallest absolute Gasteiger partial charge is 0.324 e. The molecule has 1 aliphatic carbocycles. The molecule has 1 aromatic carbocycles. The first-order valence-electron chi connectivity index (χ1n) is 7.10. The van der Waals surface area contributed by atoms with Crippen LogP contribution < -0.4 is 10.6 Å². The number of nitrogens with one attached hydrogen (secondary N) is 2. The van der Waals surface area contributed by atoms with Crippen LogP contribution in [0.3, 0.4) is 0 Å². The zero-order chi connectivity index (χ0) is 15.9. The molecule has 1 heterocycles. The largest absolute Gasteiger partial charge is 0.325 e. The summed E-state index contributed by atoms with van der Waals surface area (Å²) < 4.78 is 0.897. The van der Waals surface area contributed by atoms with Gasteiger partial charge in [-0.25, -0.2) is 4.79 Å². The molecule has 0 bridgehead atoms. The summed E-state index contributed by atoms with van der Waals surface area (Å²) in [5.41, 5.74) is -0.177. The molecule has 7 heteroatoms. The number of carbonyl (C=O) groups is 3. The quantitative estimate of drug-likeness (QED) is 0.585. The van der Waals surface area contributed by atoms with Gasteiger partial charge in [0, 0.05) is 3.57 Å². The van der Waals surface area contributed by atoms with Gasteiger partial charge in [-0.15, -0.1) is 0 Å². The van der Waals surface area contributed by atoms with Crippen molar-refractivity contribution in [1.82, 2.24) is 10.2 Å². The second kappa shape index (κ2) is 5.53. The molecule has 1 saturated heterocycles. The number of para-hydroxylation sites is 1. The molecule has 0 radical (unpaired) electrons. The number of urea groups is 1. The van der Waals surface area contributed by atoms with Crippen LogP contribution in [0.5, 0.6) is 0 Å². The summed E-state index contributed by atoms with van der Waals surface area (Å²) in [4.78, 5) is 37.6. The van der Waals surface area contributed by atoms with E-state index in [2.05, 4.69) is 33.2 Å². The Morgan fingerprint density at radius 1 is 1.41 bits per heavy atom. The van der Waals surface area contributed by atoms with Crippen molar-refractivity contribution in [3.8, 4) is 0 Å². The van der Waals surface area contributed by atoms with Gasteiger partial charge in [-0.3, -0.25) is 14.5 Å². The highest BCUT2D eigenvalue weighted by Crippen LogP contribution is 2.42. The molecule has 4 amide bonds. The van der Waals surface area contributed by atoms with Crippen molar-refractivity contribution in [2.45, 2.75) is 25.3 Å². The first-order valence-corrected chi connectivity index (χ1v) is 8.18. The molecule has 1 unspecified atom stereocenters. The summed E-state index contributed by atoms with van der Waals surface area (Å²) in [6.07, 6.45) is 1.87. The minimum atomic E-state index is -0.849. The first-order chi connectivity index (χ1) is 10.4. The number of imide groups is 1. The first kappa shape index (κ1) is 15.3. The Bertz CT molecular complexity index is 659. The lowest BCUT2D eigenvalue weighted by molar-refractivity contribution is -0.134. The van der Waals surface area contributed by atoms with Crippen LogP contribution in [-0.2, 0) is 9.59 Å². The van der Waals surface area contributed by atoms with Gasteiger partial charge in [-0.2, -0.15) is 0 Å². The van der Waals surface area contributed by atoms with Gasteiger partial charge in [0.05, 0.1) is 5.69 Å².